The van der Waals surface area contributed by atoms with Crippen LogP contribution in [0.3, 0.4) is 0 Å². The molecule has 0 N–H and O–H groups in total. The van der Waals surface area contributed by atoms with Crippen LogP contribution in [0, 0.1) is 0 Å². The van der Waals surface area contributed by atoms with E-state index in [1.807, 2.05) is 18.2 Å². The van der Waals surface area contributed by atoms with Gasteiger partial charge in [-0.15, -0.1) is 11.6 Å². The number of Topliss-reactive ketones (excluding diaryl/α,β-unsaturated/α-hetero) is 1. The van der Waals surface area contributed by atoms with Gasteiger partial charge in [-0.1, -0.05) is 49.6 Å². The lowest BCUT2D eigenvalue weighted by Gasteiger charge is -2.36. The molecule has 1 aromatic carbocycles. The van der Waals surface area contributed by atoms with Gasteiger partial charge >= 0.3 is 0 Å². The van der Waals surface area contributed by atoms with Crippen LogP contribution in [0.4, 0.5) is 0 Å². The van der Waals surface area contributed by atoms with Gasteiger partial charge in [0.2, 0.25) is 0 Å². The molecule has 0 amide bonds. The molecule has 0 radical (unpaired) electrons. The molecule has 0 atom stereocenters. The summed E-state index contributed by atoms with van der Waals surface area (Å²) in [5, 5.41) is 0. The fraction of sp³-hybridized carbons (Fsp3) is 0.500. The number of alkyl halides is 1. The Labute approximate surface area is 102 Å². The average Bonchev–Trinajstić information content (AvgIpc) is 2.39. The minimum Gasteiger partial charge on any atom is -0.297 e. The van der Waals surface area contributed by atoms with Crippen molar-refractivity contribution in [1.29, 1.82) is 0 Å². The normalized spacial score (nSPS) is 19.3. The number of halogens is 1. The summed E-state index contributed by atoms with van der Waals surface area (Å²) in [6, 6.07) is 10.1. The van der Waals surface area contributed by atoms with E-state index in [-0.39, 0.29) is 17.1 Å². The van der Waals surface area contributed by atoms with Crippen molar-refractivity contribution in [3.05, 3.63) is 35.9 Å². The molecular formula is C14H17ClO. The van der Waals surface area contributed by atoms with Gasteiger partial charge in [0.05, 0.1) is 11.3 Å². The molecule has 1 nitrogen and oxygen atoms in total. The SMILES string of the molecule is O=C(CCl)C1(c2ccccc2)CCCCC1. The third-order valence-electron chi connectivity index (χ3n) is 3.69. The molecule has 0 bridgehead atoms. The monoisotopic (exact) mass is 236 g/mol. The fourth-order valence-electron chi connectivity index (χ4n) is 2.77. The second-order valence-electron chi connectivity index (χ2n) is 4.57. The molecule has 16 heavy (non-hydrogen) atoms. The molecule has 1 aliphatic carbocycles. The zero-order valence-electron chi connectivity index (χ0n) is 9.42. The Morgan fingerprint density at radius 3 is 2.31 bits per heavy atom. The van der Waals surface area contributed by atoms with Gasteiger partial charge in [0.1, 0.15) is 0 Å². The maximum Gasteiger partial charge on any atom is 0.158 e. The molecule has 1 aromatic rings. The summed E-state index contributed by atoms with van der Waals surface area (Å²) in [4.78, 5) is 12.2. The summed E-state index contributed by atoms with van der Waals surface area (Å²) < 4.78 is 0. The Bertz CT molecular complexity index is 352. The van der Waals surface area contributed by atoms with E-state index in [0.717, 1.165) is 31.2 Å². The number of carbonyl (C=O) groups excluding carboxylic acids is 1. The van der Waals surface area contributed by atoms with E-state index in [9.17, 15) is 4.79 Å². The van der Waals surface area contributed by atoms with Gasteiger partial charge in [-0.25, -0.2) is 0 Å². The first-order valence-electron chi connectivity index (χ1n) is 5.94. The number of benzene rings is 1. The van der Waals surface area contributed by atoms with E-state index in [1.165, 1.54) is 6.42 Å². The Morgan fingerprint density at radius 1 is 1.12 bits per heavy atom. The first-order valence-corrected chi connectivity index (χ1v) is 6.48. The van der Waals surface area contributed by atoms with Crippen molar-refractivity contribution >= 4 is 17.4 Å². The predicted octanol–water partition coefficient (Wildman–Crippen LogP) is 3.70. The first-order chi connectivity index (χ1) is 7.79. The van der Waals surface area contributed by atoms with Gasteiger partial charge in [-0.3, -0.25) is 4.79 Å². The molecule has 1 fully saturated rings. The molecule has 0 saturated heterocycles. The summed E-state index contributed by atoms with van der Waals surface area (Å²) in [5.74, 6) is 0.328. The van der Waals surface area contributed by atoms with E-state index in [0.29, 0.717) is 0 Å². The van der Waals surface area contributed by atoms with Gasteiger partial charge in [-0.05, 0) is 18.4 Å². The highest BCUT2D eigenvalue weighted by atomic mass is 35.5. The summed E-state index contributed by atoms with van der Waals surface area (Å²) in [5.41, 5.74) is 0.863. The molecule has 1 saturated carbocycles. The molecule has 1 aliphatic rings. The Kier molecular flexibility index (Phi) is 3.65. The van der Waals surface area contributed by atoms with Crippen LogP contribution in [0.1, 0.15) is 37.7 Å². The van der Waals surface area contributed by atoms with Gasteiger partial charge in [0.15, 0.2) is 5.78 Å². The molecule has 0 aromatic heterocycles. The highest BCUT2D eigenvalue weighted by Crippen LogP contribution is 2.40. The average molecular weight is 237 g/mol. The maximum atomic E-state index is 12.2. The second-order valence-corrected chi connectivity index (χ2v) is 4.83. The molecule has 0 spiro atoms. The molecule has 2 heteroatoms. The number of hydrogen-bond acceptors (Lipinski definition) is 1. The number of hydrogen-bond donors (Lipinski definition) is 0. The Balaban J connectivity index is 2.38. The van der Waals surface area contributed by atoms with Gasteiger partial charge in [0, 0.05) is 0 Å². The van der Waals surface area contributed by atoms with Crippen LogP contribution in [-0.2, 0) is 10.2 Å². The zero-order valence-corrected chi connectivity index (χ0v) is 10.2. The van der Waals surface area contributed by atoms with Gasteiger partial charge in [0.25, 0.3) is 0 Å². The quantitative estimate of drug-likeness (QED) is 0.732. The number of rotatable bonds is 3. The smallest absolute Gasteiger partial charge is 0.158 e. The third kappa shape index (κ3) is 2.01. The maximum absolute atomic E-state index is 12.2. The second kappa shape index (κ2) is 5.01. The lowest BCUT2D eigenvalue weighted by atomic mass is 9.67. The van der Waals surface area contributed by atoms with Crippen LogP contribution in [0.2, 0.25) is 0 Å². The number of carbonyl (C=O) groups is 1. The fourth-order valence-corrected chi connectivity index (χ4v) is 3.02. The minimum absolute atomic E-state index is 0.134. The van der Waals surface area contributed by atoms with E-state index in [4.69, 9.17) is 11.6 Å². The Morgan fingerprint density at radius 2 is 1.75 bits per heavy atom. The van der Waals surface area contributed by atoms with E-state index in [2.05, 4.69) is 12.1 Å². The van der Waals surface area contributed by atoms with E-state index >= 15 is 0 Å². The van der Waals surface area contributed by atoms with Crippen molar-refractivity contribution in [1.82, 2.24) is 0 Å². The van der Waals surface area contributed by atoms with Crippen molar-refractivity contribution in [2.45, 2.75) is 37.5 Å². The van der Waals surface area contributed by atoms with Crippen molar-refractivity contribution in [3.8, 4) is 0 Å². The van der Waals surface area contributed by atoms with Crippen LogP contribution >= 0.6 is 11.6 Å². The highest BCUT2D eigenvalue weighted by Gasteiger charge is 2.39. The van der Waals surface area contributed by atoms with Crippen molar-refractivity contribution in [3.63, 3.8) is 0 Å². The van der Waals surface area contributed by atoms with Crippen molar-refractivity contribution < 1.29 is 4.79 Å². The lowest BCUT2D eigenvalue weighted by molar-refractivity contribution is -0.123. The Hall–Kier alpha value is -0.820. The summed E-state index contributed by atoms with van der Waals surface area (Å²) in [7, 11) is 0. The van der Waals surface area contributed by atoms with Crippen LogP contribution < -0.4 is 0 Å². The summed E-state index contributed by atoms with van der Waals surface area (Å²) in [6.07, 6.45) is 5.43. The molecular weight excluding hydrogens is 220 g/mol. The van der Waals surface area contributed by atoms with Crippen LogP contribution in [-0.4, -0.2) is 11.7 Å². The third-order valence-corrected chi connectivity index (χ3v) is 3.93. The highest BCUT2D eigenvalue weighted by molar-refractivity contribution is 6.29. The largest absolute Gasteiger partial charge is 0.297 e. The zero-order chi connectivity index (χ0) is 11.4. The molecule has 0 unspecified atom stereocenters. The molecule has 0 aliphatic heterocycles. The lowest BCUT2D eigenvalue weighted by Crippen LogP contribution is -2.38. The van der Waals surface area contributed by atoms with Crippen molar-refractivity contribution in [2.24, 2.45) is 0 Å². The molecule has 2 rings (SSSR count). The summed E-state index contributed by atoms with van der Waals surface area (Å²) in [6.45, 7) is 0. The minimum atomic E-state index is -0.290. The number of ketones is 1. The van der Waals surface area contributed by atoms with Gasteiger partial charge < -0.3 is 0 Å². The van der Waals surface area contributed by atoms with Crippen LogP contribution in [0.15, 0.2) is 30.3 Å². The molecule has 86 valence electrons. The van der Waals surface area contributed by atoms with E-state index < -0.39 is 0 Å². The summed E-state index contributed by atoms with van der Waals surface area (Å²) >= 11 is 5.78. The molecule has 0 heterocycles. The van der Waals surface area contributed by atoms with Crippen LogP contribution in [0.5, 0.6) is 0 Å². The van der Waals surface area contributed by atoms with Gasteiger partial charge in [-0.2, -0.15) is 0 Å². The topological polar surface area (TPSA) is 17.1 Å². The first kappa shape index (κ1) is 11.7. The van der Waals surface area contributed by atoms with Crippen LogP contribution in [0.25, 0.3) is 0 Å². The predicted molar refractivity (Wildman–Crippen MR) is 66.9 cm³/mol. The van der Waals surface area contributed by atoms with E-state index in [1.54, 1.807) is 0 Å². The standard InChI is InChI=1S/C14H17ClO/c15-11-13(16)14(9-5-2-6-10-14)12-7-3-1-4-8-12/h1,3-4,7-8H,2,5-6,9-11H2. The van der Waals surface area contributed by atoms with Crippen molar-refractivity contribution in [2.75, 3.05) is 5.88 Å².